The molecule has 0 saturated carbocycles. The number of fused-ring (bicyclic) bond motifs is 1. The highest BCUT2D eigenvalue weighted by molar-refractivity contribution is 6.09. The third-order valence-corrected chi connectivity index (χ3v) is 3.45. The lowest BCUT2D eigenvalue weighted by atomic mass is 9.98. The Labute approximate surface area is 117 Å². The summed E-state index contributed by atoms with van der Waals surface area (Å²) in [6.45, 7) is 0.378. The molecule has 0 radical (unpaired) electrons. The zero-order chi connectivity index (χ0) is 13.9. The van der Waals surface area contributed by atoms with E-state index in [0.717, 1.165) is 11.3 Å². The van der Waals surface area contributed by atoms with Gasteiger partial charge in [-0.15, -0.1) is 0 Å². The Morgan fingerprint density at radius 3 is 2.65 bits per heavy atom. The molecule has 1 aliphatic rings. The summed E-state index contributed by atoms with van der Waals surface area (Å²) in [5, 5.41) is 0. The normalized spacial score (nSPS) is 14.3. The van der Waals surface area contributed by atoms with Crippen molar-refractivity contribution in [3.63, 3.8) is 0 Å². The van der Waals surface area contributed by atoms with Crippen LogP contribution in [0.4, 0.5) is 0 Å². The number of nitrogens with zero attached hydrogens (tertiary/aromatic N) is 2. The lowest BCUT2D eigenvalue weighted by Gasteiger charge is -2.26. The minimum Gasteiger partial charge on any atom is -0.278 e. The van der Waals surface area contributed by atoms with Crippen molar-refractivity contribution in [2.24, 2.45) is 0 Å². The monoisotopic (exact) mass is 266 g/mol. The number of carbonyl (C=O) groups is 2. The van der Waals surface area contributed by atoms with E-state index in [0.29, 0.717) is 24.9 Å². The Morgan fingerprint density at radius 1 is 1.05 bits per heavy atom. The molecule has 0 spiro atoms. The van der Waals surface area contributed by atoms with E-state index in [1.807, 2.05) is 36.4 Å². The highest BCUT2D eigenvalue weighted by atomic mass is 16.2. The number of imide groups is 1. The van der Waals surface area contributed by atoms with Gasteiger partial charge in [-0.1, -0.05) is 24.3 Å². The first-order valence-electron chi connectivity index (χ1n) is 6.58. The second-order valence-electron chi connectivity index (χ2n) is 4.76. The number of rotatable bonds is 3. The second kappa shape index (κ2) is 5.25. The molecule has 100 valence electrons. The molecule has 1 aromatic heterocycles. The fourth-order valence-electron chi connectivity index (χ4n) is 2.40. The van der Waals surface area contributed by atoms with Crippen LogP contribution in [0.3, 0.4) is 0 Å². The standard InChI is InChI=1S/C16H14N2O2/c19-15-11-12-5-1-2-7-14(12)16(20)18(15)10-8-13-6-3-4-9-17-13/h1-7,9H,8,10-11H2. The molecule has 0 N–H and O–H groups in total. The SMILES string of the molecule is O=C1Cc2ccccc2C(=O)N1CCc1ccccn1. The van der Waals surface area contributed by atoms with Gasteiger partial charge < -0.3 is 0 Å². The molecule has 2 heterocycles. The minimum atomic E-state index is -0.201. The molecule has 1 aliphatic heterocycles. The van der Waals surface area contributed by atoms with E-state index in [4.69, 9.17) is 0 Å². The number of carbonyl (C=O) groups excluding carboxylic acids is 2. The summed E-state index contributed by atoms with van der Waals surface area (Å²) >= 11 is 0. The molecule has 0 saturated heterocycles. The van der Waals surface area contributed by atoms with Gasteiger partial charge in [-0.3, -0.25) is 19.5 Å². The maximum Gasteiger partial charge on any atom is 0.260 e. The maximum absolute atomic E-state index is 12.3. The zero-order valence-corrected chi connectivity index (χ0v) is 11.0. The van der Waals surface area contributed by atoms with Crippen molar-refractivity contribution in [1.29, 1.82) is 0 Å². The molecule has 0 aliphatic carbocycles. The molecule has 0 atom stereocenters. The largest absolute Gasteiger partial charge is 0.278 e. The van der Waals surface area contributed by atoms with E-state index in [1.165, 1.54) is 4.90 Å². The predicted molar refractivity (Wildman–Crippen MR) is 74.1 cm³/mol. The van der Waals surface area contributed by atoms with Gasteiger partial charge in [-0.2, -0.15) is 0 Å². The van der Waals surface area contributed by atoms with Crippen molar-refractivity contribution in [3.8, 4) is 0 Å². The van der Waals surface area contributed by atoms with Crippen molar-refractivity contribution in [3.05, 3.63) is 65.5 Å². The third kappa shape index (κ3) is 2.32. The maximum atomic E-state index is 12.3. The van der Waals surface area contributed by atoms with Crippen LogP contribution < -0.4 is 0 Å². The summed E-state index contributed by atoms with van der Waals surface area (Å²) < 4.78 is 0. The van der Waals surface area contributed by atoms with Crippen LogP contribution in [0, 0.1) is 0 Å². The lowest BCUT2D eigenvalue weighted by molar-refractivity contribution is -0.128. The van der Waals surface area contributed by atoms with Crippen LogP contribution >= 0.6 is 0 Å². The number of hydrogen-bond donors (Lipinski definition) is 0. The van der Waals surface area contributed by atoms with E-state index in [1.54, 1.807) is 12.3 Å². The predicted octanol–water partition coefficient (Wildman–Crippen LogP) is 1.85. The Bertz CT molecular complexity index is 653. The summed E-state index contributed by atoms with van der Waals surface area (Å²) in [6, 6.07) is 12.9. The first-order chi connectivity index (χ1) is 9.75. The fraction of sp³-hybridized carbons (Fsp3) is 0.188. The topological polar surface area (TPSA) is 50.3 Å². The average Bonchev–Trinajstić information content (AvgIpc) is 2.48. The number of aromatic nitrogens is 1. The van der Waals surface area contributed by atoms with E-state index in [-0.39, 0.29) is 11.8 Å². The summed E-state index contributed by atoms with van der Waals surface area (Å²) in [7, 11) is 0. The van der Waals surface area contributed by atoms with Gasteiger partial charge >= 0.3 is 0 Å². The van der Waals surface area contributed by atoms with Gasteiger partial charge in [0.25, 0.3) is 5.91 Å². The van der Waals surface area contributed by atoms with Crippen molar-refractivity contribution >= 4 is 11.8 Å². The quantitative estimate of drug-likeness (QED) is 0.797. The van der Waals surface area contributed by atoms with Gasteiger partial charge in [0, 0.05) is 30.4 Å². The molecular formula is C16H14N2O2. The van der Waals surface area contributed by atoms with E-state index >= 15 is 0 Å². The summed E-state index contributed by atoms with van der Waals surface area (Å²) in [5.74, 6) is -0.336. The Kier molecular flexibility index (Phi) is 3.29. The van der Waals surface area contributed by atoms with Crippen molar-refractivity contribution in [2.75, 3.05) is 6.54 Å². The van der Waals surface area contributed by atoms with Gasteiger partial charge in [-0.25, -0.2) is 0 Å². The molecule has 1 aromatic carbocycles. The van der Waals surface area contributed by atoms with Crippen LogP contribution in [0.1, 0.15) is 21.6 Å². The highest BCUT2D eigenvalue weighted by Gasteiger charge is 2.30. The first kappa shape index (κ1) is 12.5. The number of benzene rings is 1. The van der Waals surface area contributed by atoms with Crippen LogP contribution in [0.15, 0.2) is 48.7 Å². The Morgan fingerprint density at radius 2 is 1.85 bits per heavy atom. The first-order valence-corrected chi connectivity index (χ1v) is 6.58. The third-order valence-electron chi connectivity index (χ3n) is 3.45. The molecule has 3 rings (SSSR count). The molecule has 0 bridgehead atoms. The summed E-state index contributed by atoms with van der Waals surface area (Å²) in [5.41, 5.74) is 2.33. The van der Waals surface area contributed by atoms with Crippen LogP contribution in [-0.4, -0.2) is 28.2 Å². The van der Waals surface area contributed by atoms with Crippen LogP contribution in [-0.2, 0) is 17.6 Å². The Hall–Kier alpha value is -2.49. The van der Waals surface area contributed by atoms with Gasteiger partial charge in [-0.05, 0) is 23.8 Å². The number of pyridine rings is 1. The summed E-state index contributed by atoms with van der Waals surface area (Å²) in [6.07, 6.45) is 2.59. The second-order valence-corrected chi connectivity index (χ2v) is 4.76. The van der Waals surface area contributed by atoms with Gasteiger partial charge in [0.05, 0.1) is 6.42 Å². The molecule has 4 heteroatoms. The molecule has 0 fully saturated rings. The van der Waals surface area contributed by atoms with Gasteiger partial charge in [0.2, 0.25) is 5.91 Å². The van der Waals surface area contributed by atoms with Crippen LogP contribution in [0.25, 0.3) is 0 Å². The smallest absolute Gasteiger partial charge is 0.260 e. The minimum absolute atomic E-state index is 0.135. The van der Waals surface area contributed by atoms with E-state index in [2.05, 4.69) is 4.98 Å². The van der Waals surface area contributed by atoms with Gasteiger partial charge in [0.1, 0.15) is 0 Å². The lowest BCUT2D eigenvalue weighted by Crippen LogP contribution is -2.43. The molecule has 20 heavy (non-hydrogen) atoms. The molecular weight excluding hydrogens is 252 g/mol. The van der Waals surface area contributed by atoms with Crippen molar-refractivity contribution in [1.82, 2.24) is 9.88 Å². The number of hydrogen-bond acceptors (Lipinski definition) is 3. The van der Waals surface area contributed by atoms with Crippen molar-refractivity contribution < 1.29 is 9.59 Å². The van der Waals surface area contributed by atoms with Gasteiger partial charge in [0.15, 0.2) is 0 Å². The fourth-order valence-corrected chi connectivity index (χ4v) is 2.40. The molecule has 2 aromatic rings. The molecule has 0 unspecified atom stereocenters. The molecule has 4 nitrogen and oxygen atoms in total. The van der Waals surface area contributed by atoms with Crippen molar-refractivity contribution in [2.45, 2.75) is 12.8 Å². The highest BCUT2D eigenvalue weighted by Crippen LogP contribution is 2.19. The average molecular weight is 266 g/mol. The van der Waals surface area contributed by atoms with E-state index < -0.39 is 0 Å². The molecule has 2 amide bonds. The number of amides is 2. The zero-order valence-electron chi connectivity index (χ0n) is 11.0. The van der Waals surface area contributed by atoms with E-state index in [9.17, 15) is 9.59 Å². The Balaban J connectivity index is 1.78. The van der Waals surface area contributed by atoms with Crippen LogP contribution in [0.5, 0.6) is 0 Å². The van der Waals surface area contributed by atoms with Crippen LogP contribution in [0.2, 0.25) is 0 Å². The summed E-state index contributed by atoms with van der Waals surface area (Å²) in [4.78, 5) is 29.9.